The first-order valence-corrected chi connectivity index (χ1v) is 9.35. The van der Waals surface area contributed by atoms with Crippen LogP contribution in [0.25, 0.3) is 6.08 Å². The Morgan fingerprint density at radius 3 is 2.50 bits per heavy atom. The quantitative estimate of drug-likeness (QED) is 0.294. The maximum absolute atomic E-state index is 12.5. The van der Waals surface area contributed by atoms with E-state index in [1.165, 1.54) is 32.2 Å². The van der Waals surface area contributed by atoms with E-state index < -0.39 is 28.1 Å². The largest absolute Gasteiger partial charge is 0.467 e. The van der Waals surface area contributed by atoms with Crippen molar-refractivity contribution in [3.63, 3.8) is 0 Å². The lowest BCUT2D eigenvalue weighted by Gasteiger charge is -2.18. The van der Waals surface area contributed by atoms with E-state index in [-0.39, 0.29) is 16.5 Å². The monoisotopic (exact) mass is 429 g/mol. The van der Waals surface area contributed by atoms with E-state index in [1.807, 2.05) is 0 Å². The summed E-state index contributed by atoms with van der Waals surface area (Å²) in [5, 5.41) is 10.1. The molecule has 1 aliphatic rings. The first-order chi connectivity index (χ1) is 14.3. The minimum Gasteiger partial charge on any atom is -0.467 e. The van der Waals surface area contributed by atoms with Gasteiger partial charge in [0.15, 0.2) is 0 Å². The maximum atomic E-state index is 12.5. The summed E-state index contributed by atoms with van der Waals surface area (Å²) in [4.78, 5) is 51.3. The van der Waals surface area contributed by atoms with E-state index in [2.05, 4.69) is 9.72 Å². The minimum atomic E-state index is -1.02. The number of rotatable bonds is 6. The van der Waals surface area contributed by atoms with Crippen molar-refractivity contribution in [3.05, 3.63) is 63.2 Å². The molecule has 1 aliphatic heterocycles. The van der Waals surface area contributed by atoms with Crippen LogP contribution in [0.3, 0.4) is 0 Å². The van der Waals surface area contributed by atoms with Crippen molar-refractivity contribution in [2.75, 3.05) is 7.11 Å². The van der Waals surface area contributed by atoms with Gasteiger partial charge < -0.3 is 9.47 Å². The zero-order chi connectivity index (χ0) is 21.8. The number of aromatic nitrogens is 1. The van der Waals surface area contributed by atoms with Crippen molar-refractivity contribution in [3.8, 4) is 11.6 Å². The van der Waals surface area contributed by atoms with Gasteiger partial charge in [-0.1, -0.05) is 12.1 Å². The minimum absolute atomic E-state index is 0.145. The van der Waals surface area contributed by atoms with Crippen LogP contribution < -0.4 is 4.74 Å². The molecule has 2 amide bonds. The first-order valence-electron chi connectivity index (χ1n) is 8.53. The highest BCUT2D eigenvalue weighted by molar-refractivity contribution is 8.18. The van der Waals surface area contributed by atoms with Gasteiger partial charge in [0.25, 0.3) is 16.8 Å². The van der Waals surface area contributed by atoms with Crippen molar-refractivity contribution >= 4 is 40.6 Å². The second-order valence-electron chi connectivity index (χ2n) is 6.03. The van der Waals surface area contributed by atoms with E-state index in [9.17, 15) is 24.5 Å². The number of hydrogen-bond donors (Lipinski definition) is 0. The summed E-state index contributed by atoms with van der Waals surface area (Å²) in [6.45, 7) is 1.42. The number of esters is 1. The molecule has 1 fully saturated rings. The zero-order valence-electron chi connectivity index (χ0n) is 15.8. The number of amides is 2. The summed E-state index contributed by atoms with van der Waals surface area (Å²) in [6.07, 6.45) is 2.62. The molecule has 0 spiro atoms. The Morgan fingerprint density at radius 2 is 1.93 bits per heavy atom. The standard InChI is InChI=1S/C19H15N3O7S/c1-11(18(24)28-2)21-17(23)15(30-19(21)25)9-12-3-6-14(7-4-12)29-16-8-5-13(10-20-16)22(26)27/h3-11H,1-2H3/b15-9+/t11-/m0/s1. The smallest absolute Gasteiger partial charge is 0.328 e. The van der Waals surface area contributed by atoms with Gasteiger partial charge in [0.05, 0.1) is 16.9 Å². The second-order valence-corrected chi connectivity index (χ2v) is 7.03. The Labute approximate surface area is 174 Å². The summed E-state index contributed by atoms with van der Waals surface area (Å²) < 4.78 is 10.1. The second kappa shape index (κ2) is 8.74. The number of imide groups is 1. The molecule has 11 heteroatoms. The van der Waals surface area contributed by atoms with E-state index >= 15 is 0 Å². The number of thioether (sulfide) groups is 1. The Bertz CT molecular complexity index is 1040. The number of hydrogen-bond acceptors (Lipinski definition) is 9. The molecule has 0 bridgehead atoms. The van der Waals surface area contributed by atoms with E-state index in [4.69, 9.17) is 4.74 Å². The molecule has 0 N–H and O–H groups in total. The van der Waals surface area contributed by atoms with Gasteiger partial charge >= 0.3 is 5.97 Å². The number of carbonyl (C=O) groups excluding carboxylic acids is 3. The third-order valence-electron chi connectivity index (χ3n) is 4.08. The molecule has 30 heavy (non-hydrogen) atoms. The van der Waals surface area contributed by atoms with Crippen molar-refractivity contribution in [2.24, 2.45) is 0 Å². The lowest BCUT2D eigenvalue weighted by Crippen LogP contribution is -2.42. The Kier molecular flexibility index (Phi) is 6.11. The van der Waals surface area contributed by atoms with Crippen LogP contribution in [-0.4, -0.2) is 45.1 Å². The van der Waals surface area contributed by atoms with Gasteiger partial charge in [-0.25, -0.2) is 9.78 Å². The predicted molar refractivity (Wildman–Crippen MR) is 107 cm³/mol. The number of ether oxygens (including phenoxy) is 2. The summed E-state index contributed by atoms with van der Waals surface area (Å²) in [6, 6.07) is 8.22. The third-order valence-corrected chi connectivity index (χ3v) is 4.97. The van der Waals surface area contributed by atoms with Crippen molar-refractivity contribution < 1.29 is 28.8 Å². The molecule has 0 unspecified atom stereocenters. The molecule has 154 valence electrons. The molecule has 2 heterocycles. The predicted octanol–water partition coefficient (Wildman–Crippen LogP) is 3.38. The van der Waals surface area contributed by atoms with Crippen LogP contribution in [0.1, 0.15) is 12.5 Å². The van der Waals surface area contributed by atoms with Crippen LogP contribution in [0.2, 0.25) is 0 Å². The topological polar surface area (TPSA) is 129 Å². The molecule has 2 aromatic rings. The highest BCUT2D eigenvalue weighted by Crippen LogP contribution is 2.34. The first kappa shape index (κ1) is 21.0. The Morgan fingerprint density at radius 1 is 1.23 bits per heavy atom. The maximum Gasteiger partial charge on any atom is 0.328 e. The summed E-state index contributed by atoms with van der Waals surface area (Å²) in [5.74, 6) is -0.634. The number of carbonyl (C=O) groups is 3. The van der Waals surface area contributed by atoms with Gasteiger partial charge in [-0.2, -0.15) is 0 Å². The fourth-order valence-electron chi connectivity index (χ4n) is 2.53. The number of benzene rings is 1. The van der Waals surface area contributed by atoms with Crippen molar-refractivity contribution in [1.29, 1.82) is 0 Å². The number of nitro groups is 1. The molecule has 1 atom stereocenters. The van der Waals surface area contributed by atoms with Crippen LogP contribution in [0.15, 0.2) is 47.5 Å². The highest BCUT2D eigenvalue weighted by Gasteiger charge is 2.41. The Hall–Kier alpha value is -3.73. The Balaban J connectivity index is 1.71. The summed E-state index contributed by atoms with van der Waals surface area (Å²) in [5.41, 5.74) is 0.489. The summed E-state index contributed by atoms with van der Waals surface area (Å²) >= 11 is 0.738. The molecule has 1 saturated heterocycles. The van der Waals surface area contributed by atoms with Crippen LogP contribution in [0.4, 0.5) is 10.5 Å². The van der Waals surface area contributed by atoms with Crippen LogP contribution >= 0.6 is 11.8 Å². The molecule has 3 rings (SSSR count). The highest BCUT2D eigenvalue weighted by atomic mass is 32.2. The van der Waals surface area contributed by atoms with Gasteiger partial charge in [-0.3, -0.25) is 24.6 Å². The average molecular weight is 429 g/mol. The molecule has 0 saturated carbocycles. The number of methoxy groups -OCH3 is 1. The van der Waals surface area contributed by atoms with Crippen LogP contribution in [0.5, 0.6) is 11.6 Å². The lowest BCUT2D eigenvalue weighted by atomic mass is 10.2. The van der Waals surface area contributed by atoms with Gasteiger partial charge in [0.1, 0.15) is 18.0 Å². The lowest BCUT2D eigenvalue weighted by molar-refractivity contribution is -0.385. The van der Waals surface area contributed by atoms with Crippen molar-refractivity contribution in [2.45, 2.75) is 13.0 Å². The van der Waals surface area contributed by atoms with E-state index in [0.717, 1.165) is 22.9 Å². The van der Waals surface area contributed by atoms with Crippen LogP contribution in [-0.2, 0) is 14.3 Å². The average Bonchev–Trinajstić information content (AvgIpc) is 3.01. The molecular formula is C19H15N3O7S. The normalized spacial score (nSPS) is 15.9. The number of nitrogens with zero attached hydrogens (tertiary/aromatic N) is 3. The SMILES string of the molecule is COC(=O)[C@H](C)N1C(=O)S/C(=C/c2ccc(Oc3ccc([N+](=O)[O-])cn3)cc2)C1=O. The molecular weight excluding hydrogens is 414 g/mol. The van der Waals surface area contributed by atoms with Crippen LogP contribution in [0, 0.1) is 10.1 Å². The van der Waals surface area contributed by atoms with E-state index in [0.29, 0.717) is 11.3 Å². The van der Waals surface area contributed by atoms with E-state index in [1.54, 1.807) is 24.3 Å². The molecule has 1 aromatic carbocycles. The van der Waals surface area contributed by atoms with Gasteiger partial charge in [-0.15, -0.1) is 0 Å². The molecule has 1 aromatic heterocycles. The van der Waals surface area contributed by atoms with Gasteiger partial charge in [0.2, 0.25) is 5.88 Å². The third kappa shape index (κ3) is 4.46. The fourth-order valence-corrected chi connectivity index (χ4v) is 3.44. The zero-order valence-corrected chi connectivity index (χ0v) is 16.6. The molecule has 0 radical (unpaired) electrons. The van der Waals surface area contributed by atoms with Crippen molar-refractivity contribution in [1.82, 2.24) is 9.88 Å². The number of pyridine rings is 1. The summed E-state index contributed by atoms with van der Waals surface area (Å²) in [7, 11) is 1.18. The molecule has 10 nitrogen and oxygen atoms in total. The molecule has 0 aliphatic carbocycles. The van der Waals surface area contributed by atoms with Gasteiger partial charge in [-0.05, 0) is 42.5 Å². The fraction of sp³-hybridized carbons (Fsp3) is 0.158. The van der Waals surface area contributed by atoms with Gasteiger partial charge in [0, 0.05) is 12.1 Å².